The molecule has 1 aliphatic rings. The summed E-state index contributed by atoms with van der Waals surface area (Å²) in [5, 5.41) is 13.8. The van der Waals surface area contributed by atoms with Gasteiger partial charge in [-0.15, -0.1) is 0 Å². The van der Waals surface area contributed by atoms with E-state index < -0.39 is 0 Å². The number of rotatable bonds is 13. The van der Waals surface area contributed by atoms with Gasteiger partial charge in [0.25, 0.3) is 0 Å². The van der Waals surface area contributed by atoms with Gasteiger partial charge in [0, 0.05) is 19.0 Å². The summed E-state index contributed by atoms with van der Waals surface area (Å²) in [7, 11) is 0. The second-order valence-electron chi connectivity index (χ2n) is 9.79. The highest BCUT2D eigenvalue weighted by atomic mass is 16.1. The summed E-state index contributed by atoms with van der Waals surface area (Å²) >= 11 is 0. The van der Waals surface area contributed by atoms with Crippen LogP contribution in [0, 0.1) is 0 Å². The third-order valence-electron chi connectivity index (χ3n) is 6.50. The Bertz CT molecular complexity index is 455. The van der Waals surface area contributed by atoms with E-state index in [1.807, 2.05) is 0 Å². The van der Waals surface area contributed by atoms with Gasteiger partial charge in [0.1, 0.15) is 0 Å². The van der Waals surface area contributed by atoms with Crippen molar-refractivity contribution in [3.05, 3.63) is 12.2 Å². The van der Waals surface area contributed by atoms with Crippen molar-refractivity contribution in [1.29, 1.82) is 0 Å². The van der Waals surface area contributed by atoms with Gasteiger partial charge in [0.15, 0.2) is 0 Å². The summed E-state index contributed by atoms with van der Waals surface area (Å²) in [6, 6.07) is 0.319. The Balaban J connectivity index is 2.12. The molecule has 0 aliphatic carbocycles. The maximum absolute atomic E-state index is 12.4. The number of unbranched alkanes of at least 4 members (excludes halogenated alkanes) is 9. The first kappa shape index (κ1) is 30.1. The largest absolute Gasteiger partial charge is 0.356 e. The molecule has 0 aromatic carbocycles. The Morgan fingerprint density at radius 2 is 1.27 bits per heavy atom. The minimum Gasteiger partial charge on any atom is -0.356 e. The molecule has 0 aromatic rings. The smallest absolute Gasteiger partial charge is 0.221 e. The molecule has 1 amide bonds. The second-order valence-corrected chi connectivity index (χ2v) is 9.79. The topological polar surface area (TPSA) is 65.2 Å². The van der Waals surface area contributed by atoms with E-state index in [1.54, 1.807) is 0 Å². The third kappa shape index (κ3) is 21.4. The van der Waals surface area contributed by atoms with Gasteiger partial charge in [-0.25, -0.2) is 0 Å². The van der Waals surface area contributed by atoms with Gasteiger partial charge >= 0.3 is 0 Å². The Morgan fingerprint density at radius 1 is 0.697 bits per heavy atom. The first-order valence-electron chi connectivity index (χ1n) is 14.4. The van der Waals surface area contributed by atoms with E-state index in [-0.39, 0.29) is 5.91 Å². The molecule has 5 heteroatoms. The molecule has 33 heavy (non-hydrogen) atoms. The predicted octanol–water partition coefficient (Wildman–Crippen LogP) is 5.46. The molecular weight excluding hydrogens is 408 g/mol. The molecule has 1 rings (SSSR count). The maximum Gasteiger partial charge on any atom is 0.221 e. The minimum absolute atomic E-state index is 0.208. The fourth-order valence-corrected chi connectivity index (χ4v) is 4.40. The summed E-state index contributed by atoms with van der Waals surface area (Å²) in [6.45, 7) is 8.27. The number of amides is 1. The van der Waals surface area contributed by atoms with Crippen molar-refractivity contribution < 1.29 is 4.79 Å². The molecule has 4 N–H and O–H groups in total. The molecule has 1 atom stereocenters. The van der Waals surface area contributed by atoms with Gasteiger partial charge in [0.05, 0.1) is 0 Å². The van der Waals surface area contributed by atoms with E-state index in [9.17, 15) is 4.79 Å². The Hall–Kier alpha value is -0.910. The lowest BCUT2D eigenvalue weighted by Crippen LogP contribution is -2.37. The van der Waals surface area contributed by atoms with Crippen molar-refractivity contribution in [2.24, 2.45) is 0 Å². The Kier molecular flexibility index (Phi) is 22.1. The highest BCUT2D eigenvalue weighted by Gasteiger charge is 2.13. The summed E-state index contributed by atoms with van der Waals surface area (Å²) < 4.78 is 0. The lowest BCUT2D eigenvalue weighted by atomic mass is 10.0. The number of nitrogens with one attached hydrogen (secondary N) is 4. The second kappa shape index (κ2) is 24.2. The molecular formula is C28H56N4O. The van der Waals surface area contributed by atoms with Crippen LogP contribution in [0.25, 0.3) is 0 Å². The highest BCUT2D eigenvalue weighted by Crippen LogP contribution is 2.13. The van der Waals surface area contributed by atoms with E-state index in [0.717, 1.165) is 58.5 Å². The molecule has 5 nitrogen and oxygen atoms in total. The zero-order valence-corrected chi connectivity index (χ0v) is 21.9. The predicted molar refractivity (Wildman–Crippen MR) is 144 cm³/mol. The monoisotopic (exact) mass is 464 g/mol. The van der Waals surface area contributed by atoms with Gasteiger partial charge in [-0.3, -0.25) is 4.79 Å². The van der Waals surface area contributed by atoms with Crippen LogP contribution in [0.1, 0.15) is 116 Å². The molecule has 0 bridgehead atoms. The van der Waals surface area contributed by atoms with E-state index in [2.05, 4.69) is 40.3 Å². The van der Waals surface area contributed by atoms with Crippen molar-refractivity contribution in [1.82, 2.24) is 21.3 Å². The number of carbonyl (C=O) groups excluding carboxylic acids is 1. The average Bonchev–Trinajstić information content (AvgIpc) is 2.81. The van der Waals surface area contributed by atoms with E-state index in [0.29, 0.717) is 12.5 Å². The summed E-state index contributed by atoms with van der Waals surface area (Å²) in [6.07, 6.45) is 25.5. The van der Waals surface area contributed by atoms with Crippen LogP contribution in [0.5, 0.6) is 0 Å². The van der Waals surface area contributed by atoms with E-state index >= 15 is 0 Å². The van der Waals surface area contributed by atoms with Crippen molar-refractivity contribution in [2.45, 2.75) is 122 Å². The minimum atomic E-state index is 0.208. The summed E-state index contributed by atoms with van der Waals surface area (Å²) in [4.78, 5) is 12.4. The van der Waals surface area contributed by atoms with Crippen molar-refractivity contribution in [3.8, 4) is 0 Å². The fourth-order valence-electron chi connectivity index (χ4n) is 4.40. The molecule has 0 aromatic heterocycles. The van der Waals surface area contributed by atoms with Crippen LogP contribution in [0.2, 0.25) is 0 Å². The summed E-state index contributed by atoms with van der Waals surface area (Å²) in [5.41, 5.74) is 0. The molecule has 0 spiro atoms. The van der Waals surface area contributed by atoms with Crippen LogP contribution < -0.4 is 21.3 Å². The van der Waals surface area contributed by atoms with Crippen LogP contribution in [0.4, 0.5) is 0 Å². The van der Waals surface area contributed by atoms with Crippen LogP contribution in [0.15, 0.2) is 12.2 Å². The lowest BCUT2D eigenvalue weighted by Gasteiger charge is -2.19. The maximum atomic E-state index is 12.4. The van der Waals surface area contributed by atoms with Crippen molar-refractivity contribution in [2.75, 3.05) is 39.3 Å². The van der Waals surface area contributed by atoms with Crippen LogP contribution >= 0.6 is 0 Å². The molecule has 0 unspecified atom stereocenters. The van der Waals surface area contributed by atoms with Crippen LogP contribution in [-0.2, 0) is 4.79 Å². The van der Waals surface area contributed by atoms with Crippen molar-refractivity contribution >= 4 is 5.91 Å². The molecule has 1 saturated heterocycles. The molecule has 1 heterocycles. The quantitative estimate of drug-likeness (QED) is 0.216. The Labute approximate surface area is 205 Å². The molecule has 1 aliphatic heterocycles. The van der Waals surface area contributed by atoms with E-state index in [4.69, 9.17) is 0 Å². The van der Waals surface area contributed by atoms with Gasteiger partial charge in [0.2, 0.25) is 5.91 Å². The SMILES string of the molecule is CCC/C=C\CCCCCCCCCC[C@@H]1CC(=O)NCCCNCCCCNCCCN1. The standard InChI is InChI=1S/C28H56N4O/c1-2-3-4-5-6-7-8-9-10-11-12-13-14-19-27-26-28(33)32-25-18-23-30-21-16-15-20-29-22-17-24-31-27/h4-5,27,29-31H,2-3,6-26H2,1H3,(H,32,33)/b5-4-/t27-/m1/s1. The van der Waals surface area contributed by atoms with E-state index in [1.165, 1.54) is 83.5 Å². The molecule has 194 valence electrons. The number of hydrogen-bond acceptors (Lipinski definition) is 4. The zero-order valence-electron chi connectivity index (χ0n) is 21.9. The lowest BCUT2D eigenvalue weighted by molar-refractivity contribution is -0.121. The normalized spacial score (nSPS) is 20.5. The highest BCUT2D eigenvalue weighted by molar-refractivity contribution is 5.76. The van der Waals surface area contributed by atoms with Crippen LogP contribution in [0.3, 0.4) is 0 Å². The molecule has 0 saturated carbocycles. The first-order chi connectivity index (χ1) is 16.3. The third-order valence-corrected chi connectivity index (χ3v) is 6.50. The Morgan fingerprint density at radius 3 is 1.97 bits per heavy atom. The zero-order chi connectivity index (χ0) is 23.7. The first-order valence-corrected chi connectivity index (χ1v) is 14.4. The average molecular weight is 465 g/mol. The van der Waals surface area contributed by atoms with Gasteiger partial charge in [-0.2, -0.15) is 0 Å². The van der Waals surface area contributed by atoms with Gasteiger partial charge in [-0.05, 0) is 84.1 Å². The van der Waals surface area contributed by atoms with Crippen LogP contribution in [-0.4, -0.2) is 51.2 Å². The fraction of sp³-hybridized carbons (Fsp3) is 0.893. The van der Waals surface area contributed by atoms with Crippen molar-refractivity contribution in [3.63, 3.8) is 0 Å². The van der Waals surface area contributed by atoms with Gasteiger partial charge in [-0.1, -0.05) is 70.4 Å². The number of carbonyl (C=O) groups is 1. The molecule has 0 radical (unpaired) electrons. The van der Waals surface area contributed by atoms with Gasteiger partial charge < -0.3 is 21.3 Å². The molecule has 1 fully saturated rings. The summed E-state index contributed by atoms with van der Waals surface area (Å²) in [5.74, 6) is 0.208. The number of allylic oxidation sites excluding steroid dienone is 2. The number of hydrogen-bond donors (Lipinski definition) is 4.